The Morgan fingerprint density at radius 3 is 2.25 bits per heavy atom. The van der Waals surface area contributed by atoms with Crippen molar-refractivity contribution in [3.05, 3.63) is 89.5 Å². The molecule has 0 saturated carbocycles. The highest BCUT2D eigenvalue weighted by molar-refractivity contribution is 7.92. The van der Waals surface area contributed by atoms with Crippen LogP contribution < -0.4 is 10.0 Å². The van der Waals surface area contributed by atoms with Crippen molar-refractivity contribution in [3.63, 3.8) is 0 Å². The Morgan fingerprint density at radius 1 is 0.857 bits per heavy atom. The molecule has 0 aliphatic rings. The lowest BCUT2D eigenvalue weighted by Gasteiger charge is -2.12. The van der Waals surface area contributed by atoms with Crippen molar-refractivity contribution < 1.29 is 22.0 Å². The summed E-state index contributed by atoms with van der Waals surface area (Å²) in [5.74, 6) is -1.56. The molecule has 0 bridgehead atoms. The van der Waals surface area contributed by atoms with E-state index in [9.17, 15) is 22.0 Å². The number of hydrogen-bond acceptors (Lipinski definition) is 3. The first-order valence-electron chi connectivity index (χ1n) is 8.20. The van der Waals surface area contributed by atoms with Crippen LogP contribution in [0.4, 0.5) is 20.2 Å². The van der Waals surface area contributed by atoms with Crippen molar-refractivity contribution in [1.82, 2.24) is 0 Å². The van der Waals surface area contributed by atoms with Crippen molar-refractivity contribution in [1.29, 1.82) is 0 Å². The van der Waals surface area contributed by atoms with Crippen molar-refractivity contribution in [2.24, 2.45) is 0 Å². The van der Waals surface area contributed by atoms with Crippen molar-refractivity contribution >= 4 is 27.3 Å². The molecule has 0 unspecified atom stereocenters. The highest BCUT2D eigenvalue weighted by Gasteiger charge is 2.18. The SMILES string of the molecule is Cc1ccc(S(=O)(=O)Nc2ccc(F)cc2)cc1C(=O)Nc1cccc(F)c1. The molecule has 3 aromatic rings. The molecule has 3 rings (SSSR count). The maximum Gasteiger partial charge on any atom is 0.261 e. The fourth-order valence-corrected chi connectivity index (χ4v) is 3.59. The highest BCUT2D eigenvalue weighted by Crippen LogP contribution is 2.21. The van der Waals surface area contributed by atoms with E-state index >= 15 is 0 Å². The van der Waals surface area contributed by atoms with Crippen LogP contribution in [0.1, 0.15) is 15.9 Å². The smallest absolute Gasteiger partial charge is 0.261 e. The van der Waals surface area contributed by atoms with Gasteiger partial charge in [0.25, 0.3) is 15.9 Å². The minimum atomic E-state index is -3.99. The molecule has 0 fully saturated rings. The number of anilines is 2. The molecular formula is C20H16F2N2O3S. The zero-order valence-electron chi connectivity index (χ0n) is 14.7. The summed E-state index contributed by atoms with van der Waals surface area (Å²) in [5, 5.41) is 2.54. The summed E-state index contributed by atoms with van der Waals surface area (Å²) in [6, 6.07) is 14.3. The fourth-order valence-electron chi connectivity index (χ4n) is 2.51. The molecule has 0 aliphatic carbocycles. The second-order valence-corrected chi connectivity index (χ2v) is 7.74. The van der Waals surface area contributed by atoms with Crippen LogP contribution in [0.2, 0.25) is 0 Å². The third kappa shape index (κ3) is 4.52. The van der Waals surface area contributed by atoms with Gasteiger partial charge in [0.2, 0.25) is 0 Å². The second kappa shape index (κ2) is 7.77. The lowest BCUT2D eigenvalue weighted by Crippen LogP contribution is -2.17. The first-order chi connectivity index (χ1) is 13.2. The lowest BCUT2D eigenvalue weighted by atomic mass is 10.1. The van der Waals surface area contributed by atoms with Crippen LogP contribution in [0.5, 0.6) is 0 Å². The highest BCUT2D eigenvalue weighted by atomic mass is 32.2. The average Bonchev–Trinajstić information content (AvgIpc) is 2.63. The van der Waals surface area contributed by atoms with Gasteiger partial charge in [0, 0.05) is 16.9 Å². The molecule has 3 aromatic carbocycles. The molecule has 144 valence electrons. The third-order valence-corrected chi connectivity index (χ3v) is 5.32. The van der Waals surface area contributed by atoms with Gasteiger partial charge >= 0.3 is 0 Å². The first kappa shape index (κ1) is 19.5. The largest absolute Gasteiger partial charge is 0.322 e. The summed E-state index contributed by atoms with van der Waals surface area (Å²) < 4.78 is 53.8. The van der Waals surface area contributed by atoms with E-state index in [2.05, 4.69) is 10.0 Å². The van der Waals surface area contributed by atoms with E-state index in [0.29, 0.717) is 5.56 Å². The molecule has 0 saturated heterocycles. The van der Waals surface area contributed by atoms with E-state index in [0.717, 1.165) is 18.2 Å². The number of benzene rings is 3. The van der Waals surface area contributed by atoms with E-state index in [1.165, 1.54) is 48.5 Å². The summed E-state index contributed by atoms with van der Waals surface area (Å²) in [6.45, 7) is 1.66. The summed E-state index contributed by atoms with van der Waals surface area (Å²) in [5.41, 5.74) is 1.12. The monoisotopic (exact) mass is 402 g/mol. The van der Waals surface area contributed by atoms with Crippen molar-refractivity contribution in [2.75, 3.05) is 10.0 Å². The van der Waals surface area contributed by atoms with E-state index in [-0.39, 0.29) is 21.8 Å². The van der Waals surface area contributed by atoms with Gasteiger partial charge in [-0.25, -0.2) is 17.2 Å². The molecule has 1 amide bonds. The Bertz CT molecular complexity index is 1130. The van der Waals surface area contributed by atoms with E-state index in [1.807, 2.05) is 0 Å². The Hall–Kier alpha value is -3.26. The molecular weight excluding hydrogens is 386 g/mol. The normalized spacial score (nSPS) is 11.1. The Labute approximate surface area is 161 Å². The van der Waals surface area contributed by atoms with Crippen LogP contribution in [0.15, 0.2) is 71.6 Å². The molecule has 0 heterocycles. The van der Waals surface area contributed by atoms with E-state index in [4.69, 9.17) is 0 Å². The van der Waals surface area contributed by atoms with Gasteiger partial charge in [-0.1, -0.05) is 12.1 Å². The molecule has 28 heavy (non-hydrogen) atoms. The molecule has 2 N–H and O–H groups in total. The topological polar surface area (TPSA) is 75.3 Å². The number of hydrogen-bond donors (Lipinski definition) is 2. The van der Waals surface area contributed by atoms with Crippen LogP contribution in [-0.4, -0.2) is 14.3 Å². The molecule has 0 atom stereocenters. The van der Waals surface area contributed by atoms with Crippen molar-refractivity contribution in [3.8, 4) is 0 Å². The standard InChI is InChI=1S/C20H16F2N2O3S/c1-13-5-10-18(28(26,27)24-16-8-6-14(21)7-9-16)12-19(13)20(25)23-17-4-2-3-15(22)11-17/h2-12,24H,1H3,(H,23,25). The minimum absolute atomic E-state index is 0.131. The van der Waals surface area contributed by atoms with E-state index < -0.39 is 27.6 Å². The Balaban J connectivity index is 1.87. The van der Waals surface area contributed by atoms with E-state index in [1.54, 1.807) is 6.92 Å². The molecule has 0 aromatic heterocycles. The number of carbonyl (C=O) groups is 1. The summed E-state index contributed by atoms with van der Waals surface area (Å²) >= 11 is 0. The van der Waals surface area contributed by atoms with Crippen LogP contribution in [0.3, 0.4) is 0 Å². The number of halogens is 2. The molecule has 5 nitrogen and oxygen atoms in total. The number of carbonyl (C=O) groups excluding carboxylic acids is 1. The number of nitrogens with one attached hydrogen (secondary N) is 2. The predicted molar refractivity (Wildman–Crippen MR) is 103 cm³/mol. The maximum absolute atomic E-state index is 13.3. The van der Waals surface area contributed by atoms with Crippen LogP contribution in [-0.2, 0) is 10.0 Å². The quantitative estimate of drug-likeness (QED) is 0.667. The maximum atomic E-state index is 13.3. The van der Waals surface area contributed by atoms with Gasteiger partial charge in [0.05, 0.1) is 4.90 Å². The Morgan fingerprint density at radius 2 is 1.57 bits per heavy atom. The van der Waals surface area contributed by atoms with Crippen LogP contribution >= 0.6 is 0 Å². The average molecular weight is 402 g/mol. The summed E-state index contributed by atoms with van der Waals surface area (Å²) in [7, 11) is -3.99. The van der Waals surface area contributed by atoms with Gasteiger partial charge in [-0.3, -0.25) is 9.52 Å². The number of amides is 1. The van der Waals surface area contributed by atoms with Gasteiger partial charge in [0.1, 0.15) is 11.6 Å². The van der Waals surface area contributed by atoms with Gasteiger partial charge < -0.3 is 5.32 Å². The fraction of sp³-hybridized carbons (Fsp3) is 0.0500. The minimum Gasteiger partial charge on any atom is -0.322 e. The Kier molecular flexibility index (Phi) is 5.41. The van der Waals surface area contributed by atoms with Gasteiger partial charge in [-0.05, 0) is 67.1 Å². The van der Waals surface area contributed by atoms with Gasteiger partial charge in [-0.15, -0.1) is 0 Å². The lowest BCUT2D eigenvalue weighted by molar-refractivity contribution is 0.102. The summed E-state index contributed by atoms with van der Waals surface area (Å²) in [6.07, 6.45) is 0. The predicted octanol–water partition coefficient (Wildman–Crippen LogP) is 4.33. The molecule has 0 spiro atoms. The molecule has 0 radical (unpaired) electrons. The number of aryl methyl sites for hydroxylation is 1. The zero-order chi connectivity index (χ0) is 20.3. The van der Waals surface area contributed by atoms with Crippen LogP contribution in [0.25, 0.3) is 0 Å². The van der Waals surface area contributed by atoms with Gasteiger partial charge in [-0.2, -0.15) is 0 Å². The number of rotatable bonds is 5. The summed E-state index contributed by atoms with van der Waals surface area (Å²) in [4.78, 5) is 12.4. The first-order valence-corrected chi connectivity index (χ1v) is 9.69. The zero-order valence-corrected chi connectivity index (χ0v) is 15.6. The van der Waals surface area contributed by atoms with Crippen molar-refractivity contribution in [2.45, 2.75) is 11.8 Å². The van der Waals surface area contributed by atoms with Gasteiger partial charge in [0.15, 0.2) is 0 Å². The third-order valence-electron chi connectivity index (χ3n) is 3.94. The molecule has 8 heteroatoms. The number of sulfonamides is 1. The second-order valence-electron chi connectivity index (χ2n) is 6.05. The van der Waals surface area contributed by atoms with Crippen LogP contribution in [0, 0.1) is 18.6 Å². The molecule has 0 aliphatic heterocycles.